The van der Waals surface area contributed by atoms with Crippen molar-refractivity contribution in [2.24, 2.45) is 5.92 Å². The molecule has 1 aromatic rings. The minimum Gasteiger partial charge on any atom is -0.369 e. The Bertz CT molecular complexity index is 443. The van der Waals surface area contributed by atoms with Crippen LogP contribution in [0.4, 0.5) is 5.69 Å². The van der Waals surface area contributed by atoms with E-state index in [2.05, 4.69) is 48.5 Å². The molecule has 0 radical (unpaired) electrons. The van der Waals surface area contributed by atoms with Gasteiger partial charge in [-0.2, -0.15) is 0 Å². The Morgan fingerprint density at radius 3 is 2.90 bits per heavy atom. The predicted octanol–water partition coefficient (Wildman–Crippen LogP) is 3.61. The van der Waals surface area contributed by atoms with Crippen molar-refractivity contribution in [1.82, 2.24) is 5.32 Å². The van der Waals surface area contributed by atoms with Crippen molar-refractivity contribution >= 4 is 5.69 Å². The van der Waals surface area contributed by atoms with Gasteiger partial charge in [0.2, 0.25) is 0 Å². The summed E-state index contributed by atoms with van der Waals surface area (Å²) in [6.07, 6.45) is 8.07. The molecule has 0 aromatic heterocycles. The number of benzene rings is 1. The number of nitrogens with zero attached hydrogens (tertiary/aromatic N) is 1. The fraction of sp³-hybridized carbons (Fsp3) is 0.667. The molecular weight excluding hydrogens is 244 g/mol. The highest BCUT2D eigenvalue weighted by molar-refractivity contribution is 5.56. The van der Waals surface area contributed by atoms with Crippen molar-refractivity contribution in [2.45, 2.75) is 57.5 Å². The standard InChI is InChI=1S/C18H28N2/c1-14-10-11-16-6-3-4-9-18(16)20(14)13-12-15-7-5-8-17(15)19-2/h3-4,6,9,14-15,17,19H,5,7-8,10-13H2,1-2H3. The number of anilines is 1. The van der Waals surface area contributed by atoms with Crippen LogP contribution in [0.15, 0.2) is 24.3 Å². The van der Waals surface area contributed by atoms with Gasteiger partial charge in [-0.15, -0.1) is 0 Å². The summed E-state index contributed by atoms with van der Waals surface area (Å²) < 4.78 is 0. The third-order valence-corrected chi connectivity index (χ3v) is 5.44. The Balaban J connectivity index is 1.67. The molecule has 0 bridgehead atoms. The van der Waals surface area contributed by atoms with Crippen LogP contribution in [0.5, 0.6) is 0 Å². The summed E-state index contributed by atoms with van der Waals surface area (Å²) in [6.45, 7) is 3.61. The average molecular weight is 272 g/mol. The van der Waals surface area contributed by atoms with Crippen LogP contribution in [0.3, 0.4) is 0 Å². The first-order chi connectivity index (χ1) is 9.79. The van der Waals surface area contributed by atoms with Crippen LogP contribution in [0.25, 0.3) is 0 Å². The van der Waals surface area contributed by atoms with Crippen molar-refractivity contribution in [2.75, 3.05) is 18.5 Å². The van der Waals surface area contributed by atoms with Gasteiger partial charge in [0.05, 0.1) is 0 Å². The van der Waals surface area contributed by atoms with E-state index < -0.39 is 0 Å². The molecule has 110 valence electrons. The van der Waals surface area contributed by atoms with Gasteiger partial charge in [0.15, 0.2) is 0 Å². The van der Waals surface area contributed by atoms with Crippen LogP contribution in [-0.4, -0.2) is 25.7 Å². The second-order valence-corrected chi connectivity index (χ2v) is 6.58. The molecule has 2 aliphatic rings. The number of rotatable bonds is 4. The third-order valence-electron chi connectivity index (χ3n) is 5.44. The molecule has 0 saturated heterocycles. The second-order valence-electron chi connectivity index (χ2n) is 6.58. The molecule has 1 saturated carbocycles. The maximum Gasteiger partial charge on any atom is 0.0401 e. The Labute approximate surface area is 123 Å². The maximum atomic E-state index is 3.51. The molecule has 1 fully saturated rings. The lowest BCUT2D eigenvalue weighted by atomic mass is 9.94. The van der Waals surface area contributed by atoms with Crippen LogP contribution < -0.4 is 10.2 Å². The molecule has 3 atom stereocenters. The molecule has 2 heteroatoms. The lowest BCUT2D eigenvalue weighted by Crippen LogP contribution is -2.40. The molecule has 20 heavy (non-hydrogen) atoms. The number of para-hydroxylation sites is 1. The van der Waals surface area contributed by atoms with Crippen LogP contribution in [-0.2, 0) is 6.42 Å². The Morgan fingerprint density at radius 1 is 1.20 bits per heavy atom. The van der Waals surface area contributed by atoms with Crippen LogP contribution in [0.1, 0.15) is 44.6 Å². The summed E-state index contributed by atoms with van der Waals surface area (Å²) in [5.74, 6) is 0.876. The van der Waals surface area contributed by atoms with Crippen LogP contribution >= 0.6 is 0 Å². The van der Waals surface area contributed by atoms with Gasteiger partial charge >= 0.3 is 0 Å². The zero-order chi connectivity index (χ0) is 13.9. The predicted molar refractivity (Wildman–Crippen MR) is 86.4 cm³/mol. The smallest absolute Gasteiger partial charge is 0.0401 e. The second kappa shape index (κ2) is 6.17. The molecule has 1 heterocycles. The van der Waals surface area contributed by atoms with E-state index in [4.69, 9.17) is 0 Å². The van der Waals surface area contributed by atoms with Crippen molar-refractivity contribution < 1.29 is 0 Å². The minimum absolute atomic E-state index is 0.694. The maximum absolute atomic E-state index is 3.51. The molecule has 3 rings (SSSR count). The monoisotopic (exact) mass is 272 g/mol. The van der Waals surface area contributed by atoms with Gasteiger partial charge in [-0.05, 0) is 63.6 Å². The summed E-state index contributed by atoms with van der Waals surface area (Å²) in [5.41, 5.74) is 3.03. The Morgan fingerprint density at radius 2 is 2.05 bits per heavy atom. The number of aryl methyl sites for hydroxylation is 1. The van der Waals surface area contributed by atoms with Crippen molar-refractivity contribution in [1.29, 1.82) is 0 Å². The van der Waals surface area contributed by atoms with E-state index in [9.17, 15) is 0 Å². The van der Waals surface area contributed by atoms with Crippen molar-refractivity contribution in [3.05, 3.63) is 29.8 Å². The van der Waals surface area contributed by atoms with E-state index in [0.717, 1.165) is 12.0 Å². The summed E-state index contributed by atoms with van der Waals surface area (Å²) in [6, 6.07) is 10.4. The van der Waals surface area contributed by atoms with Gasteiger partial charge in [0.25, 0.3) is 0 Å². The lowest BCUT2D eigenvalue weighted by molar-refractivity contribution is 0.392. The van der Waals surface area contributed by atoms with E-state index in [1.165, 1.54) is 50.8 Å². The topological polar surface area (TPSA) is 15.3 Å². The van der Waals surface area contributed by atoms with E-state index in [-0.39, 0.29) is 0 Å². The summed E-state index contributed by atoms with van der Waals surface area (Å²) in [5, 5.41) is 3.51. The molecular formula is C18H28N2. The molecule has 1 aliphatic heterocycles. The first-order valence-electron chi connectivity index (χ1n) is 8.31. The molecule has 1 aromatic carbocycles. The van der Waals surface area contributed by atoms with Gasteiger partial charge in [-0.25, -0.2) is 0 Å². The van der Waals surface area contributed by atoms with E-state index in [1.54, 1.807) is 5.56 Å². The zero-order valence-corrected chi connectivity index (χ0v) is 12.9. The molecule has 1 aliphatic carbocycles. The SMILES string of the molecule is CNC1CCCC1CCN1c2ccccc2CCC1C. The van der Waals surface area contributed by atoms with Gasteiger partial charge in [0, 0.05) is 24.3 Å². The van der Waals surface area contributed by atoms with Crippen LogP contribution in [0, 0.1) is 5.92 Å². The summed E-state index contributed by atoms with van der Waals surface area (Å²) in [7, 11) is 2.13. The third kappa shape index (κ3) is 2.71. The number of hydrogen-bond donors (Lipinski definition) is 1. The van der Waals surface area contributed by atoms with E-state index >= 15 is 0 Å². The largest absolute Gasteiger partial charge is 0.369 e. The summed E-state index contributed by atoms with van der Waals surface area (Å²) in [4.78, 5) is 2.66. The average Bonchev–Trinajstić information content (AvgIpc) is 2.94. The lowest BCUT2D eigenvalue weighted by Gasteiger charge is -2.38. The van der Waals surface area contributed by atoms with Gasteiger partial charge in [0.1, 0.15) is 0 Å². The normalized spacial score (nSPS) is 29.5. The summed E-state index contributed by atoms with van der Waals surface area (Å²) >= 11 is 0. The van der Waals surface area contributed by atoms with Crippen LogP contribution in [0.2, 0.25) is 0 Å². The number of hydrogen-bond acceptors (Lipinski definition) is 2. The number of nitrogens with one attached hydrogen (secondary N) is 1. The van der Waals surface area contributed by atoms with E-state index in [0.29, 0.717) is 6.04 Å². The molecule has 2 nitrogen and oxygen atoms in total. The van der Waals surface area contributed by atoms with Gasteiger partial charge < -0.3 is 10.2 Å². The highest BCUT2D eigenvalue weighted by atomic mass is 15.2. The van der Waals surface area contributed by atoms with Crippen molar-refractivity contribution in [3.63, 3.8) is 0 Å². The molecule has 0 spiro atoms. The Kier molecular flexibility index (Phi) is 4.30. The highest BCUT2D eigenvalue weighted by Gasteiger charge is 2.28. The van der Waals surface area contributed by atoms with E-state index in [1.807, 2.05) is 0 Å². The highest BCUT2D eigenvalue weighted by Crippen LogP contribution is 2.33. The Hall–Kier alpha value is -1.02. The quantitative estimate of drug-likeness (QED) is 0.901. The fourth-order valence-corrected chi connectivity index (χ4v) is 4.17. The van der Waals surface area contributed by atoms with Gasteiger partial charge in [-0.3, -0.25) is 0 Å². The fourth-order valence-electron chi connectivity index (χ4n) is 4.17. The molecule has 3 unspecified atom stereocenters. The minimum atomic E-state index is 0.694. The number of fused-ring (bicyclic) bond motifs is 1. The first kappa shape index (κ1) is 13.9. The molecule has 0 amide bonds. The zero-order valence-electron chi connectivity index (χ0n) is 12.9. The molecule has 1 N–H and O–H groups in total. The van der Waals surface area contributed by atoms with Gasteiger partial charge in [-0.1, -0.05) is 24.6 Å². The first-order valence-corrected chi connectivity index (χ1v) is 8.31. The van der Waals surface area contributed by atoms with Crippen molar-refractivity contribution in [3.8, 4) is 0 Å².